The quantitative estimate of drug-likeness (QED) is 0.723. The normalized spacial score (nSPS) is 33.7. The molecule has 16 heavy (non-hydrogen) atoms. The summed E-state index contributed by atoms with van der Waals surface area (Å²) in [5.41, 5.74) is 0. The van der Waals surface area contributed by atoms with Gasteiger partial charge in [-0.3, -0.25) is 9.35 Å². The number of hydrogen-bond acceptors (Lipinski definition) is 3. The second-order valence-electron chi connectivity index (χ2n) is 4.85. The van der Waals surface area contributed by atoms with Crippen molar-refractivity contribution in [3.05, 3.63) is 0 Å². The second kappa shape index (κ2) is 4.33. The van der Waals surface area contributed by atoms with Crippen molar-refractivity contribution in [2.24, 2.45) is 17.8 Å². The summed E-state index contributed by atoms with van der Waals surface area (Å²) in [4.78, 5) is 11.0. The lowest BCUT2D eigenvalue weighted by molar-refractivity contribution is 0.252. The van der Waals surface area contributed by atoms with E-state index in [0.29, 0.717) is 18.4 Å². The molecule has 0 radical (unpaired) electrons. The molecule has 0 aromatic carbocycles. The van der Waals surface area contributed by atoms with Crippen LogP contribution in [0.15, 0.2) is 0 Å². The topological polar surface area (TPSA) is 83.5 Å². The fraction of sp³-hybridized carbons (Fsp3) is 0.900. The maximum absolute atomic E-state index is 11.0. The highest BCUT2D eigenvalue weighted by Crippen LogP contribution is 2.50. The van der Waals surface area contributed by atoms with Gasteiger partial charge in [-0.25, -0.2) is 0 Å². The number of nitrogens with one attached hydrogen (secondary N) is 1. The fourth-order valence-corrected chi connectivity index (χ4v) is 3.03. The molecule has 2 aliphatic carbocycles. The average Bonchev–Trinajstić information content (AvgIpc) is 2.92. The molecule has 2 rings (SSSR count). The summed E-state index contributed by atoms with van der Waals surface area (Å²) in [6, 6.07) is 0. The van der Waals surface area contributed by atoms with Gasteiger partial charge in [-0.05, 0) is 30.6 Å². The monoisotopic (exact) mass is 247 g/mol. The lowest BCUT2D eigenvalue weighted by Gasteiger charge is -2.14. The molecule has 5 nitrogen and oxygen atoms in total. The highest BCUT2D eigenvalue weighted by atomic mass is 32.2. The maximum atomic E-state index is 11.0. The standard InChI is InChI=1S/C10H17NO4S/c12-10(16(13,14)15)11-6-8-4-2-1-3-7-5-9(7)8/h7-9H,1-6H2,(H,11,12)(H,13,14,15). The SMILES string of the molecule is O=C(NCC1CCCCC2CC12)S(=O)(=O)O. The van der Waals surface area contributed by atoms with Gasteiger partial charge in [-0.2, -0.15) is 8.42 Å². The Bertz CT molecular complexity index is 378. The maximum Gasteiger partial charge on any atom is 0.363 e. The molecule has 2 N–H and O–H groups in total. The van der Waals surface area contributed by atoms with E-state index in [1.54, 1.807) is 0 Å². The lowest BCUT2D eigenvalue weighted by atomic mass is 9.98. The molecule has 0 bridgehead atoms. The molecule has 6 heteroatoms. The highest BCUT2D eigenvalue weighted by Gasteiger charge is 2.43. The van der Waals surface area contributed by atoms with E-state index in [2.05, 4.69) is 5.32 Å². The van der Waals surface area contributed by atoms with E-state index in [1.807, 2.05) is 0 Å². The summed E-state index contributed by atoms with van der Waals surface area (Å²) in [6.07, 6.45) is 5.93. The Morgan fingerprint density at radius 3 is 2.69 bits per heavy atom. The van der Waals surface area contributed by atoms with Crippen molar-refractivity contribution in [3.8, 4) is 0 Å². The molecule has 0 spiro atoms. The first-order valence-corrected chi connectivity index (χ1v) is 7.18. The predicted molar refractivity (Wildman–Crippen MR) is 58.5 cm³/mol. The third-order valence-electron chi connectivity index (χ3n) is 3.73. The van der Waals surface area contributed by atoms with Crippen molar-refractivity contribution in [1.82, 2.24) is 5.32 Å². The van der Waals surface area contributed by atoms with E-state index in [-0.39, 0.29) is 0 Å². The summed E-state index contributed by atoms with van der Waals surface area (Å²) in [6.45, 7) is 0.375. The van der Waals surface area contributed by atoms with Crippen LogP contribution >= 0.6 is 0 Å². The minimum Gasteiger partial charge on any atom is -0.340 e. The molecule has 0 heterocycles. The molecule has 92 valence electrons. The van der Waals surface area contributed by atoms with Gasteiger partial charge >= 0.3 is 15.4 Å². The number of hydrogen-bond donors (Lipinski definition) is 2. The van der Waals surface area contributed by atoms with Crippen molar-refractivity contribution in [2.45, 2.75) is 32.1 Å². The van der Waals surface area contributed by atoms with Crippen LogP contribution in [0, 0.1) is 17.8 Å². The first kappa shape index (κ1) is 11.9. The molecule has 3 unspecified atom stereocenters. The second-order valence-corrected chi connectivity index (χ2v) is 6.17. The average molecular weight is 247 g/mol. The van der Waals surface area contributed by atoms with Gasteiger partial charge in [0.2, 0.25) is 0 Å². The molecule has 0 aromatic rings. The Morgan fingerprint density at radius 2 is 2.00 bits per heavy atom. The van der Waals surface area contributed by atoms with Gasteiger partial charge in [-0.15, -0.1) is 0 Å². The lowest BCUT2D eigenvalue weighted by Crippen LogP contribution is -2.33. The molecule has 2 fully saturated rings. The molecule has 0 aromatic heterocycles. The van der Waals surface area contributed by atoms with E-state index >= 15 is 0 Å². The van der Waals surface area contributed by atoms with Gasteiger partial charge in [0.15, 0.2) is 0 Å². The van der Waals surface area contributed by atoms with Gasteiger partial charge < -0.3 is 5.32 Å². The summed E-state index contributed by atoms with van der Waals surface area (Å²) < 4.78 is 29.5. The third-order valence-corrected chi connectivity index (χ3v) is 4.34. The smallest absolute Gasteiger partial charge is 0.340 e. The summed E-state index contributed by atoms with van der Waals surface area (Å²) in [5.74, 6) is 1.83. The van der Waals surface area contributed by atoms with Crippen LogP contribution < -0.4 is 5.32 Å². The van der Waals surface area contributed by atoms with Crippen LogP contribution in [0.5, 0.6) is 0 Å². The minimum absolute atomic E-state index is 0.375. The van der Waals surface area contributed by atoms with Crippen molar-refractivity contribution in [1.29, 1.82) is 0 Å². The van der Waals surface area contributed by atoms with Crippen LogP contribution in [0.1, 0.15) is 32.1 Å². The molecule has 1 amide bonds. The van der Waals surface area contributed by atoms with Gasteiger partial charge in [0.05, 0.1) is 0 Å². The van der Waals surface area contributed by atoms with E-state index < -0.39 is 15.4 Å². The van der Waals surface area contributed by atoms with Gasteiger partial charge in [0, 0.05) is 6.54 Å². The predicted octanol–water partition coefficient (Wildman–Crippen LogP) is 1.41. The fourth-order valence-electron chi connectivity index (χ4n) is 2.77. The summed E-state index contributed by atoms with van der Waals surface area (Å²) in [7, 11) is -4.57. The number of rotatable bonds is 2. The van der Waals surface area contributed by atoms with Crippen molar-refractivity contribution < 1.29 is 17.8 Å². The first-order chi connectivity index (χ1) is 7.48. The highest BCUT2D eigenvalue weighted by molar-refractivity contribution is 8.01. The zero-order valence-corrected chi connectivity index (χ0v) is 9.87. The van der Waals surface area contributed by atoms with Gasteiger partial charge in [-0.1, -0.05) is 19.3 Å². The van der Waals surface area contributed by atoms with E-state index in [9.17, 15) is 13.2 Å². The van der Waals surface area contributed by atoms with Crippen LogP contribution in [0.25, 0.3) is 0 Å². The summed E-state index contributed by atoms with van der Waals surface area (Å²) in [5, 5.41) is 1.03. The Morgan fingerprint density at radius 1 is 1.31 bits per heavy atom. The number of fused-ring (bicyclic) bond motifs is 1. The zero-order chi connectivity index (χ0) is 11.8. The van der Waals surface area contributed by atoms with Gasteiger partial charge in [0.1, 0.15) is 0 Å². The molecular formula is C10H17NO4S. The van der Waals surface area contributed by atoms with E-state index in [1.165, 1.54) is 19.3 Å². The van der Waals surface area contributed by atoms with Gasteiger partial charge in [0.25, 0.3) is 0 Å². The minimum atomic E-state index is -4.57. The molecule has 0 saturated heterocycles. The number of amides is 1. The largest absolute Gasteiger partial charge is 0.363 e. The van der Waals surface area contributed by atoms with Crippen molar-refractivity contribution >= 4 is 15.4 Å². The Labute approximate surface area is 95.4 Å². The Kier molecular flexibility index (Phi) is 3.21. The third kappa shape index (κ3) is 2.74. The Hall–Kier alpha value is -0.620. The number of carbonyl (C=O) groups excluding carboxylic acids is 1. The molecule has 0 aliphatic heterocycles. The Balaban J connectivity index is 1.83. The van der Waals surface area contributed by atoms with E-state index in [4.69, 9.17) is 4.55 Å². The van der Waals surface area contributed by atoms with Crippen molar-refractivity contribution in [2.75, 3.05) is 6.54 Å². The van der Waals surface area contributed by atoms with Crippen molar-refractivity contribution in [3.63, 3.8) is 0 Å². The van der Waals surface area contributed by atoms with Crippen LogP contribution in [-0.4, -0.2) is 24.8 Å². The zero-order valence-electron chi connectivity index (χ0n) is 9.05. The first-order valence-electron chi connectivity index (χ1n) is 5.74. The van der Waals surface area contributed by atoms with Crippen LogP contribution in [0.4, 0.5) is 4.79 Å². The van der Waals surface area contributed by atoms with Crippen LogP contribution in [-0.2, 0) is 10.1 Å². The van der Waals surface area contributed by atoms with Crippen LogP contribution in [0.2, 0.25) is 0 Å². The van der Waals surface area contributed by atoms with Crippen LogP contribution in [0.3, 0.4) is 0 Å². The molecule has 2 aliphatic rings. The molecule has 2 saturated carbocycles. The molecule has 3 atom stereocenters. The summed E-state index contributed by atoms with van der Waals surface area (Å²) >= 11 is 0. The molecular weight excluding hydrogens is 230 g/mol. The number of carbonyl (C=O) groups is 1. The van der Waals surface area contributed by atoms with E-state index in [0.717, 1.165) is 18.8 Å².